The summed E-state index contributed by atoms with van der Waals surface area (Å²) in [6.07, 6.45) is 8.05. The number of hydrogen-bond donors (Lipinski definition) is 2. The SMILES string of the molecule is Cc1cc(C(=O)NCCC2=CCCCC2)nc(Nc2cc(Cl)ccc2C)n1. The van der Waals surface area contributed by atoms with Crippen LogP contribution in [0.1, 0.15) is 53.8 Å². The summed E-state index contributed by atoms with van der Waals surface area (Å²) in [6, 6.07) is 7.28. The zero-order valence-electron chi connectivity index (χ0n) is 15.8. The van der Waals surface area contributed by atoms with Gasteiger partial charge in [-0.1, -0.05) is 29.3 Å². The Morgan fingerprint density at radius 1 is 1.19 bits per heavy atom. The van der Waals surface area contributed by atoms with Crippen LogP contribution >= 0.6 is 11.6 Å². The third-order valence-electron chi connectivity index (χ3n) is 4.65. The number of rotatable bonds is 6. The van der Waals surface area contributed by atoms with Crippen molar-refractivity contribution in [1.29, 1.82) is 0 Å². The van der Waals surface area contributed by atoms with Crippen molar-refractivity contribution in [3.63, 3.8) is 0 Å². The van der Waals surface area contributed by atoms with E-state index >= 15 is 0 Å². The second-order valence-electron chi connectivity index (χ2n) is 6.92. The van der Waals surface area contributed by atoms with Crippen LogP contribution in [0.2, 0.25) is 5.02 Å². The normalized spacial score (nSPS) is 13.8. The number of carbonyl (C=O) groups excluding carboxylic acids is 1. The average Bonchev–Trinajstić information content (AvgIpc) is 2.65. The van der Waals surface area contributed by atoms with Crippen LogP contribution in [0.3, 0.4) is 0 Å². The molecule has 1 aromatic heterocycles. The second kappa shape index (κ2) is 9.00. The Morgan fingerprint density at radius 2 is 2.04 bits per heavy atom. The zero-order valence-corrected chi connectivity index (χ0v) is 16.6. The first kappa shape index (κ1) is 19.4. The quantitative estimate of drug-likeness (QED) is 0.679. The van der Waals surface area contributed by atoms with Gasteiger partial charge >= 0.3 is 0 Å². The molecule has 0 atom stereocenters. The van der Waals surface area contributed by atoms with E-state index in [0.717, 1.165) is 36.2 Å². The molecule has 1 heterocycles. The molecule has 1 aromatic carbocycles. The van der Waals surface area contributed by atoms with E-state index in [2.05, 4.69) is 26.7 Å². The van der Waals surface area contributed by atoms with Crippen LogP contribution in [-0.2, 0) is 0 Å². The first-order valence-corrected chi connectivity index (χ1v) is 9.74. The maximum atomic E-state index is 12.5. The fraction of sp³-hybridized carbons (Fsp3) is 0.381. The molecule has 0 spiro atoms. The summed E-state index contributed by atoms with van der Waals surface area (Å²) in [5.74, 6) is 0.211. The van der Waals surface area contributed by atoms with Crippen molar-refractivity contribution in [2.75, 3.05) is 11.9 Å². The minimum atomic E-state index is -0.178. The number of amides is 1. The van der Waals surface area contributed by atoms with Gasteiger partial charge in [-0.05, 0) is 69.7 Å². The van der Waals surface area contributed by atoms with Gasteiger partial charge in [-0.3, -0.25) is 4.79 Å². The smallest absolute Gasteiger partial charge is 0.270 e. The fourth-order valence-electron chi connectivity index (χ4n) is 3.15. The maximum absolute atomic E-state index is 12.5. The molecular formula is C21H25ClN4O. The van der Waals surface area contributed by atoms with Gasteiger partial charge in [0.05, 0.1) is 0 Å². The van der Waals surface area contributed by atoms with Gasteiger partial charge < -0.3 is 10.6 Å². The molecule has 0 radical (unpaired) electrons. The molecule has 3 rings (SSSR count). The summed E-state index contributed by atoms with van der Waals surface area (Å²) in [7, 11) is 0. The molecule has 2 N–H and O–H groups in total. The van der Waals surface area contributed by atoms with E-state index in [4.69, 9.17) is 11.6 Å². The number of nitrogens with zero attached hydrogens (tertiary/aromatic N) is 2. The first-order chi connectivity index (χ1) is 13.0. The molecule has 1 aliphatic rings. The number of anilines is 2. The fourth-order valence-corrected chi connectivity index (χ4v) is 3.32. The van der Waals surface area contributed by atoms with Crippen molar-refractivity contribution >= 4 is 29.1 Å². The molecule has 2 aromatic rings. The first-order valence-electron chi connectivity index (χ1n) is 9.36. The Balaban J connectivity index is 1.66. The van der Waals surface area contributed by atoms with Gasteiger partial charge in [-0.15, -0.1) is 0 Å². The molecule has 0 fully saturated rings. The Labute approximate surface area is 165 Å². The van der Waals surface area contributed by atoms with Crippen LogP contribution in [-0.4, -0.2) is 22.4 Å². The second-order valence-corrected chi connectivity index (χ2v) is 7.35. The lowest BCUT2D eigenvalue weighted by molar-refractivity contribution is 0.0949. The minimum absolute atomic E-state index is 0.178. The van der Waals surface area contributed by atoms with Crippen molar-refractivity contribution in [3.05, 3.63) is 57.9 Å². The van der Waals surface area contributed by atoms with Crippen LogP contribution in [0.4, 0.5) is 11.6 Å². The van der Waals surface area contributed by atoms with Crippen molar-refractivity contribution in [2.24, 2.45) is 0 Å². The highest BCUT2D eigenvalue weighted by Crippen LogP contribution is 2.23. The number of hydrogen-bond acceptors (Lipinski definition) is 4. The standard InChI is InChI=1S/C21H25ClN4O/c1-14-8-9-17(22)13-18(14)25-21-24-15(2)12-19(26-21)20(27)23-11-10-16-6-4-3-5-7-16/h6,8-9,12-13H,3-5,7,10-11H2,1-2H3,(H,23,27)(H,24,25,26). The number of nitrogens with one attached hydrogen (secondary N) is 2. The monoisotopic (exact) mass is 384 g/mol. The molecule has 0 aliphatic heterocycles. The summed E-state index contributed by atoms with van der Waals surface area (Å²) in [5, 5.41) is 6.76. The molecule has 0 unspecified atom stereocenters. The summed E-state index contributed by atoms with van der Waals surface area (Å²) in [6.45, 7) is 4.45. The number of carbonyl (C=O) groups is 1. The molecule has 142 valence electrons. The van der Waals surface area contributed by atoms with Crippen LogP contribution in [0.15, 0.2) is 35.9 Å². The topological polar surface area (TPSA) is 66.9 Å². The third-order valence-corrected chi connectivity index (χ3v) is 4.88. The van der Waals surface area contributed by atoms with E-state index in [9.17, 15) is 4.79 Å². The maximum Gasteiger partial charge on any atom is 0.270 e. The highest BCUT2D eigenvalue weighted by Gasteiger charge is 2.12. The van der Waals surface area contributed by atoms with Crippen LogP contribution < -0.4 is 10.6 Å². The molecule has 1 aliphatic carbocycles. The summed E-state index contributed by atoms with van der Waals surface area (Å²) in [5.41, 5.74) is 4.38. The number of benzene rings is 1. The summed E-state index contributed by atoms with van der Waals surface area (Å²) < 4.78 is 0. The predicted octanol–water partition coefficient (Wildman–Crippen LogP) is 5.11. The van der Waals surface area contributed by atoms with E-state index in [-0.39, 0.29) is 5.91 Å². The molecule has 0 bridgehead atoms. The van der Waals surface area contributed by atoms with E-state index in [0.29, 0.717) is 23.2 Å². The lowest BCUT2D eigenvalue weighted by atomic mass is 9.97. The summed E-state index contributed by atoms with van der Waals surface area (Å²) >= 11 is 6.07. The third kappa shape index (κ3) is 5.54. The molecule has 5 nitrogen and oxygen atoms in total. The zero-order chi connectivity index (χ0) is 19.2. The number of aryl methyl sites for hydroxylation is 2. The van der Waals surface area contributed by atoms with E-state index in [1.165, 1.54) is 18.4 Å². The van der Waals surface area contributed by atoms with Crippen LogP contribution in [0.5, 0.6) is 0 Å². The van der Waals surface area contributed by atoms with Gasteiger partial charge in [0.2, 0.25) is 5.95 Å². The molecule has 27 heavy (non-hydrogen) atoms. The molecule has 1 amide bonds. The molecular weight excluding hydrogens is 360 g/mol. The largest absolute Gasteiger partial charge is 0.350 e. The van der Waals surface area contributed by atoms with Crippen molar-refractivity contribution in [2.45, 2.75) is 46.0 Å². The predicted molar refractivity (Wildman–Crippen MR) is 110 cm³/mol. The van der Waals surface area contributed by atoms with Gasteiger partial charge in [0.1, 0.15) is 5.69 Å². The highest BCUT2D eigenvalue weighted by atomic mass is 35.5. The van der Waals surface area contributed by atoms with Crippen molar-refractivity contribution in [1.82, 2.24) is 15.3 Å². The molecule has 0 saturated heterocycles. The van der Waals surface area contributed by atoms with Gasteiger partial charge in [-0.25, -0.2) is 9.97 Å². The van der Waals surface area contributed by atoms with Crippen molar-refractivity contribution in [3.8, 4) is 0 Å². The Morgan fingerprint density at radius 3 is 2.81 bits per heavy atom. The van der Waals surface area contributed by atoms with Gasteiger partial charge in [0.25, 0.3) is 5.91 Å². The molecule has 6 heteroatoms. The Kier molecular flexibility index (Phi) is 6.45. The van der Waals surface area contributed by atoms with Crippen LogP contribution in [0, 0.1) is 13.8 Å². The Bertz CT molecular complexity index is 863. The van der Waals surface area contributed by atoms with Gasteiger partial charge in [0.15, 0.2) is 0 Å². The van der Waals surface area contributed by atoms with E-state index in [1.54, 1.807) is 6.07 Å². The number of allylic oxidation sites excluding steroid dienone is 1. The van der Waals surface area contributed by atoms with E-state index < -0.39 is 0 Å². The lowest BCUT2D eigenvalue weighted by Crippen LogP contribution is -2.26. The van der Waals surface area contributed by atoms with Crippen LogP contribution in [0.25, 0.3) is 0 Å². The average molecular weight is 385 g/mol. The van der Waals surface area contributed by atoms with Gasteiger partial charge in [-0.2, -0.15) is 0 Å². The molecule has 0 saturated carbocycles. The Hall–Kier alpha value is -2.40. The number of aromatic nitrogens is 2. The van der Waals surface area contributed by atoms with Gasteiger partial charge in [0, 0.05) is 22.9 Å². The lowest BCUT2D eigenvalue weighted by Gasteiger charge is -2.13. The van der Waals surface area contributed by atoms with Crippen molar-refractivity contribution < 1.29 is 4.79 Å². The van der Waals surface area contributed by atoms with E-state index in [1.807, 2.05) is 32.0 Å². The highest BCUT2D eigenvalue weighted by molar-refractivity contribution is 6.30. The summed E-state index contributed by atoms with van der Waals surface area (Å²) in [4.78, 5) is 21.2. The minimum Gasteiger partial charge on any atom is -0.350 e. The number of halogens is 1.